The Morgan fingerprint density at radius 1 is 1.42 bits per heavy atom. The van der Waals surface area contributed by atoms with E-state index in [1.54, 1.807) is 11.3 Å². The van der Waals surface area contributed by atoms with Crippen molar-refractivity contribution in [3.63, 3.8) is 0 Å². The number of hydrogen-bond donors (Lipinski definition) is 1. The lowest BCUT2D eigenvalue weighted by molar-refractivity contribution is 0.309. The molecule has 0 aliphatic carbocycles. The first kappa shape index (κ1) is 14.0. The second kappa shape index (κ2) is 6.68. The highest BCUT2D eigenvalue weighted by atomic mass is 32.1. The Hall–Kier alpha value is -1.39. The Morgan fingerprint density at radius 3 is 2.95 bits per heavy atom. The fraction of sp³-hybridized carbons (Fsp3) is 0.400. The average Bonchev–Trinajstić information content (AvgIpc) is 2.83. The summed E-state index contributed by atoms with van der Waals surface area (Å²) in [5, 5.41) is 4.48. The molecular weight excluding hydrogens is 256 g/mol. The summed E-state index contributed by atoms with van der Waals surface area (Å²) in [4.78, 5) is 5.38. The van der Waals surface area contributed by atoms with Crippen LogP contribution in [0.5, 0.6) is 5.75 Å². The van der Waals surface area contributed by atoms with Crippen molar-refractivity contribution in [3.05, 3.63) is 45.9 Å². The molecule has 19 heavy (non-hydrogen) atoms. The number of aryl methyl sites for hydroxylation is 1. The van der Waals surface area contributed by atoms with E-state index in [4.69, 9.17) is 4.74 Å². The van der Waals surface area contributed by atoms with Crippen molar-refractivity contribution >= 4 is 11.3 Å². The molecule has 0 fully saturated rings. The van der Waals surface area contributed by atoms with Gasteiger partial charge < -0.3 is 10.1 Å². The highest BCUT2D eigenvalue weighted by molar-refractivity contribution is 7.11. The fourth-order valence-electron chi connectivity index (χ4n) is 1.92. The first-order valence-corrected chi connectivity index (χ1v) is 7.38. The summed E-state index contributed by atoms with van der Waals surface area (Å²) in [6.45, 7) is 7.84. The Bertz CT molecular complexity index is 524. The van der Waals surface area contributed by atoms with Gasteiger partial charge in [-0.15, -0.1) is 11.3 Å². The van der Waals surface area contributed by atoms with Crippen molar-refractivity contribution in [2.75, 3.05) is 6.54 Å². The smallest absolute Gasteiger partial charge is 0.124 e. The van der Waals surface area contributed by atoms with Crippen LogP contribution in [0.15, 0.2) is 30.5 Å². The molecule has 1 aromatic carbocycles. The molecule has 0 saturated heterocycles. The molecule has 0 aliphatic heterocycles. The maximum absolute atomic E-state index is 5.82. The summed E-state index contributed by atoms with van der Waals surface area (Å²) in [5.41, 5.74) is 1.25. The minimum Gasteiger partial charge on any atom is -0.488 e. The van der Waals surface area contributed by atoms with Gasteiger partial charge in [-0.05, 0) is 38.1 Å². The molecule has 4 heteroatoms. The molecule has 0 aliphatic rings. The van der Waals surface area contributed by atoms with Gasteiger partial charge in [0.1, 0.15) is 12.4 Å². The molecule has 1 unspecified atom stereocenters. The van der Waals surface area contributed by atoms with E-state index in [9.17, 15) is 0 Å². The molecule has 0 amide bonds. The third kappa shape index (κ3) is 4.04. The van der Waals surface area contributed by atoms with Gasteiger partial charge in [0.25, 0.3) is 0 Å². The third-order valence-corrected chi connectivity index (χ3v) is 3.80. The fourth-order valence-corrected chi connectivity index (χ4v) is 2.63. The maximum Gasteiger partial charge on any atom is 0.124 e. The van der Waals surface area contributed by atoms with E-state index in [2.05, 4.69) is 36.3 Å². The highest BCUT2D eigenvalue weighted by Crippen LogP contribution is 2.21. The predicted molar refractivity (Wildman–Crippen MR) is 79.7 cm³/mol. The minimum absolute atomic E-state index is 0.346. The van der Waals surface area contributed by atoms with Crippen LogP contribution in [0.1, 0.15) is 35.3 Å². The van der Waals surface area contributed by atoms with Gasteiger partial charge in [-0.25, -0.2) is 4.98 Å². The van der Waals surface area contributed by atoms with E-state index in [0.717, 1.165) is 22.2 Å². The first-order chi connectivity index (χ1) is 9.19. The summed E-state index contributed by atoms with van der Waals surface area (Å²) >= 11 is 1.68. The zero-order chi connectivity index (χ0) is 13.7. The number of aromatic nitrogens is 1. The molecule has 1 atom stereocenters. The van der Waals surface area contributed by atoms with Crippen LogP contribution in [0, 0.1) is 6.92 Å². The molecule has 2 rings (SSSR count). The van der Waals surface area contributed by atoms with Crippen LogP contribution < -0.4 is 10.1 Å². The highest BCUT2D eigenvalue weighted by Gasteiger charge is 2.05. The number of nitrogens with one attached hydrogen (secondary N) is 1. The lowest BCUT2D eigenvalue weighted by Gasteiger charge is -2.14. The SMILES string of the molecule is CCNC(C)c1cccc(OCc2cnc(C)s2)c1. The number of rotatable bonds is 6. The van der Waals surface area contributed by atoms with Crippen molar-refractivity contribution in [1.29, 1.82) is 0 Å². The average molecular weight is 276 g/mol. The van der Waals surface area contributed by atoms with Crippen molar-refractivity contribution in [3.8, 4) is 5.75 Å². The Morgan fingerprint density at radius 2 is 2.26 bits per heavy atom. The summed E-state index contributed by atoms with van der Waals surface area (Å²) < 4.78 is 5.82. The largest absolute Gasteiger partial charge is 0.488 e. The molecule has 0 saturated carbocycles. The third-order valence-electron chi connectivity index (χ3n) is 2.92. The first-order valence-electron chi connectivity index (χ1n) is 6.56. The van der Waals surface area contributed by atoms with Crippen molar-refractivity contribution in [2.45, 2.75) is 33.4 Å². The van der Waals surface area contributed by atoms with E-state index in [1.807, 2.05) is 25.3 Å². The molecule has 1 N–H and O–H groups in total. The van der Waals surface area contributed by atoms with Gasteiger partial charge in [0.2, 0.25) is 0 Å². The van der Waals surface area contributed by atoms with E-state index in [1.165, 1.54) is 5.56 Å². The number of hydrogen-bond acceptors (Lipinski definition) is 4. The predicted octanol–water partition coefficient (Wildman–Crippen LogP) is 3.70. The normalized spacial score (nSPS) is 12.4. The molecule has 1 aromatic heterocycles. The number of thiazole rings is 1. The minimum atomic E-state index is 0.346. The van der Waals surface area contributed by atoms with Gasteiger partial charge in [-0.3, -0.25) is 0 Å². The topological polar surface area (TPSA) is 34.1 Å². The van der Waals surface area contributed by atoms with Gasteiger partial charge in [0, 0.05) is 12.2 Å². The van der Waals surface area contributed by atoms with Crippen LogP contribution in [-0.4, -0.2) is 11.5 Å². The number of nitrogens with zero attached hydrogens (tertiary/aromatic N) is 1. The quantitative estimate of drug-likeness (QED) is 0.873. The molecule has 0 bridgehead atoms. The second-order valence-corrected chi connectivity index (χ2v) is 5.81. The van der Waals surface area contributed by atoms with Gasteiger partial charge in [0.15, 0.2) is 0 Å². The summed E-state index contributed by atoms with van der Waals surface area (Å²) in [5.74, 6) is 0.910. The van der Waals surface area contributed by atoms with Crippen LogP contribution in [0.4, 0.5) is 0 Å². The van der Waals surface area contributed by atoms with E-state index in [-0.39, 0.29) is 0 Å². The molecular formula is C15H20N2OS. The lowest BCUT2D eigenvalue weighted by atomic mass is 10.1. The van der Waals surface area contributed by atoms with Crippen molar-refractivity contribution < 1.29 is 4.74 Å². The van der Waals surface area contributed by atoms with E-state index < -0.39 is 0 Å². The van der Waals surface area contributed by atoms with Crippen LogP contribution >= 0.6 is 11.3 Å². The molecule has 3 nitrogen and oxygen atoms in total. The van der Waals surface area contributed by atoms with Crippen LogP contribution in [0.25, 0.3) is 0 Å². The summed E-state index contributed by atoms with van der Waals surface area (Å²) in [6, 6.07) is 8.60. The number of benzene rings is 1. The molecule has 0 spiro atoms. The molecule has 0 radical (unpaired) electrons. The van der Waals surface area contributed by atoms with Crippen molar-refractivity contribution in [1.82, 2.24) is 10.3 Å². The summed E-state index contributed by atoms with van der Waals surface area (Å²) in [7, 11) is 0. The Labute approximate surface area is 118 Å². The van der Waals surface area contributed by atoms with Crippen LogP contribution in [0.3, 0.4) is 0 Å². The standard InChI is InChI=1S/C15H20N2OS/c1-4-16-11(2)13-6-5-7-14(8-13)18-10-15-9-17-12(3)19-15/h5-9,11,16H,4,10H2,1-3H3. The van der Waals surface area contributed by atoms with Gasteiger partial charge in [0.05, 0.1) is 9.88 Å². The zero-order valence-electron chi connectivity index (χ0n) is 11.6. The maximum atomic E-state index is 5.82. The van der Waals surface area contributed by atoms with Crippen LogP contribution in [0.2, 0.25) is 0 Å². The number of ether oxygens (including phenoxy) is 1. The molecule has 2 aromatic rings. The Kier molecular flexibility index (Phi) is 4.93. The molecule has 1 heterocycles. The lowest BCUT2D eigenvalue weighted by Crippen LogP contribution is -2.17. The zero-order valence-corrected chi connectivity index (χ0v) is 12.5. The second-order valence-electron chi connectivity index (χ2n) is 4.49. The van der Waals surface area contributed by atoms with Gasteiger partial charge in [-0.2, -0.15) is 0 Å². The monoisotopic (exact) mass is 276 g/mol. The molecule has 102 valence electrons. The van der Waals surface area contributed by atoms with Gasteiger partial charge in [-0.1, -0.05) is 19.1 Å². The van der Waals surface area contributed by atoms with Crippen molar-refractivity contribution in [2.24, 2.45) is 0 Å². The van der Waals surface area contributed by atoms with Gasteiger partial charge >= 0.3 is 0 Å². The van der Waals surface area contributed by atoms with E-state index in [0.29, 0.717) is 12.6 Å². The van der Waals surface area contributed by atoms with Crippen LogP contribution in [-0.2, 0) is 6.61 Å². The van der Waals surface area contributed by atoms with E-state index >= 15 is 0 Å². The Balaban J connectivity index is 1.98. The summed E-state index contributed by atoms with van der Waals surface area (Å²) in [6.07, 6.45) is 1.88.